The van der Waals surface area contributed by atoms with E-state index in [1.165, 1.54) is 17.8 Å². The van der Waals surface area contributed by atoms with Crippen LogP contribution in [0.25, 0.3) is 0 Å². The zero-order valence-corrected chi connectivity index (χ0v) is 11.3. The maximum Gasteiger partial charge on any atom is 0.260 e. The van der Waals surface area contributed by atoms with Crippen LogP contribution in [0.4, 0.5) is 4.39 Å². The predicted molar refractivity (Wildman–Crippen MR) is 69.2 cm³/mol. The topological polar surface area (TPSA) is 38.1 Å². The molecule has 1 N–H and O–H groups in total. The highest BCUT2D eigenvalue weighted by Gasteiger charge is 2.16. The number of aryl methyl sites for hydroxylation is 1. The molecule has 3 nitrogen and oxygen atoms in total. The molecule has 5 heteroatoms. The third kappa shape index (κ3) is 2.73. The third-order valence-electron chi connectivity index (χ3n) is 2.68. The van der Waals surface area contributed by atoms with Crippen molar-refractivity contribution in [1.29, 1.82) is 0 Å². The first-order chi connectivity index (χ1) is 8.61. The van der Waals surface area contributed by atoms with Gasteiger partial charge in [0, 0.05) is 6.04 Å². The van der Waals surface area contributed by atoms with Crippen molar-refractivity contribution in [3.05, 3.63) is 41.5 Å². The van der Waals surface area contributed by atoms with E-state index in [1.807, 2.05) is 27.0 Å². The van der Waals surface area contributed by atoms with Crippen LogP contribution in [0.15, 0.2) is 39.0 Å². The van der Waals surface area contributed by atoms with E-state index in [4.69, 9.17) is 4.42 Å². The van der Waals surface area contributed by atoms with Gasteiger partial charge < -0.3 is 9.73 Å². The first-order valence-corrected chi connectivity index (χ1v) is 6.49. The summed E-state index contributed by atoms with van der Waals surface area (Å²) in [6.45, 7) is 3.83. The maximum atomic E-state index is 13.9. The van der Waals surface area contributed by atoms with Crippen molar-refractivity contribution in [1.82, 2.24) is 10.3 Å². The number of benzene rings is 1. The summed E-state index contributed by atoms with van der Waals surface area (Å²) in [4.78, 5) is 4.74. The van der Waals surface area contributed by atoms with Crippen molar-refractivity contribution in [3.8, 4) is 0 Å². The minimum absolute atomic E-state index is 0.0688. The van der Waals surface area contributed by atoms with Crippen molar-refractivity contribution in [2.75, 3.05) is 7.05 Å². The molecule has 1 atom stereocenters. The van der Waals surface area contributed by atoms with E-state index >= 15 is 0 Å². The van der Waals surface area contributed by atoms with Crippen LogP contribution in [0.2, 0.25) is 0 Å². The van der Waals surface area contributed by atoms with E-state index in [9.17, 15) is 4.39 Å². The molecular formula is C13H15FN2OS. The van der Waals surface area contributed by atoms with E-state index in [0.717, 1.165) is 11.3 Å². The molecule has 0 spiro atoms. The molecule has 1 aromatic heterocycles. The fraction of sp³-hybridized carbons (Fsp3) is 0.308. The van der Waals surface area contributed by atoms with Crippen LogP contribution in [-0.4, -0.2) is 12.0 Å². The minimum Gasteiger partial charge on any atom is -0.439 e. The standard InChI is InChI=1S/C13H15FN2OS/c1-8-7-17-13(16-8)18-12-10(9(2)15-3)5-4-6-11(12)14/h4-7,9,15H,1-3H3. The molecule has 0 aliphatic heterocycles. The van der Waals surface area contributed by atoms with Gasteiger partial charge >= 0.3 is 0 Å². The molecule has 0 saturated heterocycles. The molecule has 0 radical (unpaired) electrons. The molecule has 96 valence electrons. The van der Waals surface area contributed by atoms with Crippen LogP contribution in [0.3, 0.4) is 0 Å². The minimum atomic E-state index is -0.254. The highest BCUT2D eigenvalue weighted by molar-refractivity contribution is 7.99. The third-order valence-corrected chi connectivity index (χ3v) is 3.68. The summed E-state index contributed by atoms with van der Waals surface area (Å²) in [6, 6.07) is 5.13. The first kappa shape index (κ1) is 13.1. The number of aromatic nitrogens is 1. The van der Waals surface area contributed by atoms with Gasteiger partial charge in [0.25, 0.3) is 5.22 Å². The van der Waals surface area contributed by atoms with Gasteiger partial charge in [0.15, 0.2) is 0 Å². The van der Waals surface area contributed by atoms with Crippen molar-refractivity contribution in [2.24, 2.45) is 0 Å². The summed E-state index contributed by atoms with van der Waals surface area (Å²) in [5.74, 6) is -0.254. The Labute approximate surface area is 110 Å². The molecule has 0 aliphatic rings. The summed E-state index contributed by atoms with van der Waals surface area (Å²) < 4.78 is 19.2. The molecule has 1 aromatic carbocycles. The zero-order valence-electron chi connectivity index (χ0n) is 10.5. The van der Waals surface area contributed by atoms with Crippen molar-refractivity contribution in [2.45, 2.75) is 30.0 Å². The Morgan fingerprint density at radius 1 is 1.44 bits per heavy atom. The lowest BCUT2D eigenvalue weighted by atomic mass is 10.1. The molecular weight excluding hydrogens is 251 g/mol. The Kier molecular flexibility index (Phi) is 4.04. The first-order valence-electron chi connectivity index (χ1n) is 5.67. The Morgan fingerprint density at radius 2 is 2.22 bits per heavy atom. The van der Waals surface area contributed by atoms with Crippen molar-refractivity contribution >= 4 is 11.8 Å². The van der Waals surface area contributed by atoms with E-state index in [1.54, 1.807) is 12.3 Å². The number of hydrogen-bond donors (Lipinski definition) is 1. The lowest BCUT2D eigenvalue weighted by molar-refractivity contribution is 0.453. The molecule has 1 unspecified atom stereocenters. The molecule has 0 fully saturated rings. The van der Waals surface area contributed by atoms with Gasteiger partial charge in [-0.1, -0.05) is 12.1 Å². The van der Waals surface area contributed by atoms with Gasteiger partial charge in [0.2, 0.25) is 0 Å². The summed E-state index contributed by atoms with van der Waals surface area (Å²) in [5, 5.41) is 3.57. The second-order valence-corrected chi connectivity index (χ2v) is 4.99. The van der Waals surface area contributed by atoms with Crippen LogP contribution < -0.4 is 5.32 Å². The van der Waals surface area contributed by atoms with Gasteiger partial charge in [-0.15, -0.1) is 0 Å². The van der Waals surface area contributed by atoms with Gasteiger partial charge in [-0.25, -0.2) is 9.37 Å². The quantitative estimate of drug-likeness (QED) is 0.918. The van der Waals surface area contributed by atoms with E-state index in [0.29, 0.717) is 10.1 Å². The smallest absolute Gasteiger partial charge is 0.260 e. The Bertz CT molecular complexity index is 542. The van der Waals surface area contributed by atoms with Gasteiger partial charge in [0.05, 0.1) is 10.6 Å². The monoisotopic (exact) mass is 266 g/mol. The average Bonchev–Trinajstić information content (AvgIpc) is 2.76. The van der Waals surface area contributed by atoms with Gasteiger partial charge in [-0.2, -0.15) is 0 Å². The van der Waals surface area contributed by atoms with Gasteiger partial charge in [-0.3, -0.25) is 0 Å². The number of hydrogen-bond acceptors (Lipinski definition) is 4. The van der Waals surface area contributed by atoms with Crippen LogP contribution >= 0.6 is 11.8 Å². The van der Waals surface area contributed by atoms with Crippen LogP contribution in [0.1, 0.15) is 24.2 Å². The highest BCUT2D eigenvalue weighted by atomic mass is 32.2. The molecule has 2 rings (SSSR count). The number of nitrogens with zero attached hydrogens (tertiary/aromatic N) is 1. The average molecular weight is 266 g/mol. The second kappa shape index (κ2) is 5.54. The maximum absolute atomic E-state index is 13.9. The number of oxazole rings is 1. The lowest BCUT2D eigenvalue weighted by Crippen LogP contribution is -2.13. The Hall–Kier alpha value is -1.33. The molecule has 1 heterocycles. The second-order valence-electron chi connectivity index (χ2n) is 4.03. The lowest BCUT2D eigenvalue weighted by Gasteiger charge is -2.14. The van der Waals surface area contributed by atoms with Crippen molar-refractivity contribution < 1.29 is 8.81 Å². The van der Waals surface area contributed by atoms with Crippen molar-refractivity contribution in [3.63, 3.8) is 0 Å². The van der Waals surface area contributed by atoms with Gasteiger partial charge in [-0.05, 0) is 44.3 Å². The fourth-order valence-electron chi connectivity index (χ4n) is 1.60. The number of nitrogens with one attached hydrogen (secondary N) is 1. The molecule has 18 heavy (non-hydrogen) atoms. The van der Waals surface area contributed by atoms with E-state index < -0.39 is 0 Å². The van der Waals surface area contributed by atoms with E-state index in [-0.39, 0.29) is 11.9 Å². The Balaban J connectivity index is 2.36. The van der Waals surface area contributed by atoms with Gasteiger partial charge in [0.1, 0.15) is 12.1 Å². The summed E-state index contributed by atoms with van der Waals surface area (Å²) >= 11 is 1.21. The summed E-state index contributed by atoms with van der Waals surface area (Å²) in [6.07, 6.45) is 1.56. The molecule has 0 bridgehead atoms. The predicted octanol–water partition coefficient (Wildman–Crippen LogP) is 3.55. The van der Waals surface area contributed by atoms with Crippen LogP contribution in [-0.2, 0) is 0 Å². The van der Waals surface area contributed by atoms with Crippen LogP contribution in [0.5, 0.6) is 0 Å². The SMILES string of the molecule is CNC(C)c1cccc(F)c1Sc1nc(C)co1. The largest absolute Gasteiger partial charge is 0.439 e. The fourth-order valence-corrected chi connectivity index (χ4v) is 2.58. The highest BCUT2D eigenvalue weighted by Crippen LogP contribution is 2.34. The normalized spacial score (nSPS) is 12.7. The molecule has 0 amide bonds. The van der Waals surface area contributed by atoms with E-state index in [2.05, 4.69) is 10.3 Å². The summed E-state index contributed by atoms with van der Waals surface area (Å²) in [5.41, 5.74) is 1.69. The molecule has 2 aromatic rings. The Morgan fingerprint density at radius 3 is 2.83 bits per heavy atom. The molecule has 0 saturated carbocycles. The zero-order chi connectivity index (χ0) is 13.1. The molecule has 0 aliphatic carbocycles. The number of halogens is 1. The van der Waals surface area contributed by atoms with Crippen LogP contribution in [0, 0.1) is 12.7 Å². The summed E-state index contributed by atoms with van der Waals surface area (Å²) in [7, 11) is 1.85. The number of rotatable bonds is 4.